The summed E-state index contributed by atoms with van der Waals surface area (Å²) in [4.78, 5) is 0. The maximum absolute atomic E-state index is 8.57. The van der Waals surface area contributed by atoms with Crippen LogP contribution in [0.4, 0.5) is 0 Å². The first-order chi connectivity index (χ1) is 2.83. The van der Waals surface area contributed by atoms with Crippen LogP contribution in [0.3, 0.4) is 0 Å². The van der Waals surface area contributed by atoms with E-state index >= 15 is 0 Å². The van der Waals surface area contributed by atoms with Crippen LogP contribution in [0.1, 0.15) is 0 Å². The van der Waals surface area contributed by atoms with Crippen LogP contribution < -0.4 is 0 Å². The Hall–Kier alpha value is 4.63. The summed E-state index contributed by atoms with van der Waals surface area (Å²) in [7, 11) is 0. The molecule has 11 heteroatoms. The molecular formula is H2Al2O6Sr3+2. The van der Waals surface area contributed by atoms with Gasteiger partial charge in [-0.1, -0.05) is 0 Å². The van der Waals surface area contributed by atoms with E-state index in [1.807, 2.05) is 0 Å². The Balaban J connectivity index is -0.00000000400. The Morgan fingerprint density at radius 1 is 0.727 bits per heavy atom. The van der Waals surface area contributed by atoms with Gasteiger partial charge in [0, 0.05) is 0 Å². The molecule has 0 atom stereocenters. The largest absolute Gasteiger partial charge is 2.00 e. The van der Waals surface area contributed by atoms with Crippen molar-refractivity contribution < 1.29 is 26.9 Å². The van der Waals surface area contributed by atoms with Crippen LogP contribution in [-0.2, 0) is 18.6 Å². The molecule has 0 unspecified atom stereocenters. The molecule has 6 nitrogen and oxygen atoms in total. The first-order valence-electron chi connectivity index (χ1n) is 0.988. The summed E-state index contributed by atoms with van der Waals surface area (Å²) >= 11 is -3.00. The van der Waals surface area contributed by atoms with Crippen molar-refractivity contribution in [3.63, 3.8) is 0 Å². The first-order valence-corrected chi connectivity index (χ1v) is 2.96. The minimum Gasteiger partial charge on any atom is 2.00 e. The zero-order chi connectivity index (χ0) is 5.41. The molecule has 0 aliphatic carbocycles. The standard InChI is InChI=1S/2Al.2H2O.4O.3Sr/h;;2*1H2;;;;;;;/q2*+1;;;;;2*-2;3*+2/p-2. The third-order valence-corrected chi connectivity index (χ3v) is 0. The molecule has 0 radical (unpaired) electrons. The van der Waals surface area contributed by atoms with Gasteiger partial charge in [0.2, 0.25) is 0 Å². The van der Waals surface area contributed by atoms with Crippen molar-refractivity contribution in [2.24, 2.45) is 0 Å². The van der Waals surface area contributed by atoms with Gasteiger partial charge in [0.25, 0.3) is 0 Å². The normalized spacial score (nSPS) is 1.45. The van der Waals surface area contributed by atoms with Crippen LogP contribution in [0.2, 0.25) is 0 Å². The topological polar surface area (TPSA) is 132 Å². The smallest absolute Gasteiger partial charge is 2.00 e. The van der Waals surface area contributed by atoms with Gasteiger partial charge in [0.1, 0.15) is 0 Å². The summed E-state index contributed by atoms with van der Waals surface area (Å²) in [5, 5.41) is 0. The van der Waals surface area contributed by atoms with Crippen LogP contribution in [-0.4, -0.2) is 176 Å². The number of hydrogen-bond donors (Lipinski definition) is 2. The van der Waals surface area contributed by atoms with E-state index in [1.54, 1.807) is 0 Å². The van der Waals surface area contributed by atoms with E-state index in [0.29, 0.717) is 0 Å². The van der Waals surface area contributed by atoms with Gasteiger partial charge in [0.05, 0.1) is 0 Å². The van der Waals surface area contributed by atoms with Gasteiger partial charge in [-0.15, -0.1) is 0 Å². The molecule has 48 valence electrons. The van der Waals surface area contributed by atoms with E-state index in [-0.39, 0.29) is 147 Å². The summed E-state index contributed by atoms with van der Waals surface area (Å²) in [6.07, 6.45) is 0. The fourth-order valence-corrected chi connectivity index (χ4v) is 0. The Morgan fingerprint density at radius 3 is 0.727 bits per heavy atom. The van der Waals surface area contributed by atoms with Crippen LogP contribution in [0, 0.1) is 0 Å². The molecule has 0 aromatic carbocycles. The van der Waals surface area contributed by atoms with E-state index in [0.717, 1.165) is 0 Å². The summed E-state index contributed by atoms with van der Waals surface area (Å²) in [6.45, 7) is 0. The average molecular weight is 415 g/mol. The number of hydrogen-bond acceptors (Lipinski definition) is 2. The van der Waals surface area contributed by atoms with Crippen LogP contribution in [0.25, 0.3) is 0 Å². The van der Waals surface area contributed by atoms with Crippen molar-refractivity contribution >= 4 is 167 Å². The molecule has 0 bridgehead atoms. The fraction of sp³-hybridized carbons (Fsp3) is 0. The first kappa shape index (κ1) is 44.9. The fourth-order valence-electron chi connectivity index (χ4n) is 0. The summed E-state index contributed by atoms with van der Waals surface area (Å²) in [5.74, 6) is 0. The quantitative estimate of drug-likeness (QED) is 0.398. The Labute approximate surface area is 188 Å². The Bertz CT molecular complexity index is 36.8. The van der Waals surface area contributed by atoms with E-state index in [4.69, 9.17) is 15.9 Å². The average Bonchev–Trinajstić information content (AvgIpc) is 1.39. The summed E-state index contributed by atoms with van der Waals surface area (Å²) < 4.78 is 31.3. The molecule has 0 aromatic heterocycles. The molecule has 2 N–H and O–H groups in total. The van der Waals surface area contributed by atoms with Gasteiger partial charge in [-0.3, -0.25) is 0 Å². The molecule has 0 aliphatic heterocycles. The third kappa shape index (κ3) is 109. The van der Waals surface area contributed by atoms with Gasteiger partial charge in [-0.05, 0) is 0 Å². The summed E-state index contributed by atoms with van der Waals surface area (Å²) in [6, 6.07) is 0. The van der Waals surface area contributed by atoms with Gasteiger partial charge < -0.3 is 11.0 Å². The van der Waals surface area contributed by atoms with Crippen molar-refractivity contribution in [1.29, 1.82) is 0 Å². The van der Waals surface area contributed by atoms with Crippen LogP contribution in [0.5, 0.6) is 0 Å². The zero-order valence-corrected chi connectivity index (χ0v) is 18.5. The third-order valence-electron chi connectivity index (χ3n) is 0. The minimum absolute atomic E-state index is 0. The maximum Gasteiger partial charge on any atom is 2.00 e. The molecule has 11 heavy (non-hydrogen) atoms. The van der Waals surface area contributed by atoms with Crippen molar-refractivity contribution in [3.05, 3.63) is 0 Å². The van der Waals surface area contributed by atoms with Crippen molar-refractivity contribution in [1.82, 2.24) is 0 Å². The van der Waals surface area contributed by atoms with E-state index in [9.17, 15) is 0 Å². The second-order valence-electron chi connectivity index (χ2n) is 0.211. The molecule has 0 amide bonds. The minimum atomic E-state index is -1.50. The van der Waals surface area contributed by atoms with E-state index in [1.165, 1.54) is 0 Å². The maximum atomic E-state index is 8.57. The van der Waals surface area contributed by atoms with Gasteiger partial charge in [-0.2, -0.15) is 0 Å². The second kappa shape index (κ2) is 61.9. The van der Waals surface area contributed by atoms with E-state index in [2.05, 4.69) is 0 Å². The van der Waals surface area contributed by atoms with Gasteiger partial charge in [-0.25, -0.2) is 0 Å². The molecule has 0 saturated heterocycles. The SMILES string of the molecule is [O-2].[O-2].[O]=[Al][OH].[O]=[Al][OH].[Sr+2].[Sr+2].[Sr+2]. The predicted molar refractivity (Wildman–Crippen MR) is 36.0 cm³/mol. The van der Waals surface area contributed by atoms with Crippen molar-refractivity contribution in [2.75, 3.05) is 0 Å². The Morgan fingerprint density at radius 2 is 0.727 bits per heavy atom. The van der Waals surface area contributed by atoms with Crippen LogP contribution >= 0.6 is 0 Å². The molecule has 0 aromatic rings. The van der Waals surface area contributed by atoms with Gasteiger partial charge in [0.15, 0.2) is 0 Å². The molecule has 0 heterocycles. The summed E-state index contributed by atoms with van der Waals surface area (Å²) in [5.41, 5.74) is 0. The molecule has 0 fully saturated rings. The Kier molecular flexibility index (Phi) is 253. The van der Waals surface area contributed by atoms with E-state index < -0.39 is 31.0 Å². The number of rotatable bonds is 0. The molecular weight excluding hydrogens is 413 g/mol. The molecule has 0 rings (SSSR count). The molecule has 0 saturated carbocycles. The predicted octanol–water partition coefficient (Wildman–Crippen LogP) is -3.49. The molecule has 0 spiro atoms. The van der Waals surface area contributed by atoms with Crippen molar-refractivity contribution in [2.45, 2.75) is 0 Å². The van der Waals surface area contributed by atoms with Gasteiger partial charge >= 0.3 is 183 Å². The van der Waals surface area contributed by atoms with Crippen molar-refractivity contribution in [3.8, 4) is 0 Å². The monoisotopic (exact) mass is 416 g/mol. The second-order valence-corrected chi connectivity index (χ2v) is 0.632. The van der Waals surface area contributed by atoms with Crippen LogP contribution in [0.15, 0.2) is 0 Å². The molecule has 0 aliphatic rings. The zero-order valence-electron chi connectivity index (χ0n) is 5.80.